The predicted molar refractivity (Wildman–Crippen MR) is 72.6 cm³/mol. The maximum atomic E-state index is 11.9. The van der Waals surface area contributed by atoms with Gasteiger partial charge in [0.05, 0.1) is 12.4 Å². The van der Waals surface area contributed by atoms with Crippen LogP contribution in [0.1, 0.15) is 50.5 Å². The van der Waals surface area contributed by atoms with Crippen LogP contribution in [0.3, 0.4) is 0 Å². The van der Waals surface area contributed by atoms with Gasteiger partial charge in [-0.05, 0) is 19.8 Å². The highest BCUT2D eigenvalue weighted by atomic mass is 16.1. The maximum Gasteiger partial charge on any atom is 0.271 e. The highest BCUT2D eigenvalue weighted by Gasteiger charge is 2.12. The molecule has 1 heterocycles. The highest BCUT2D eigenvalue weighted by molar-refractivity contribution is 5.92. The Bertz CT molecular complexity index is 364. The molecule has 1 amide bonds. The van der Waals surface area contributed by atoms with Gasteiger partial charge in [0.1, 0.15) is 11.5 Å². The van der Waals surface area contributed by atoms with Crippen LogP contribution in [0.25, 0.3) is 0 Å². The molecule has 1 aromatic rings. The Kier molecular flexibility index (Phi) is 6.11. The SMILES string of the molecule is CCCC(CC)NC(=O)c1cnc(NCC)cn1. The first kappa shape index (κ1) is 14.4. The van der Waals surface area contributed by atoms with Gasteiger partial charge in [0.15, 0.2) is 0 Å². The predicted octanol–water partition coefficient (Wildman–Crippen LogP) is 2.22. The van der Waals surface area contributed by atoms with Crippen molar-refractivity contribution >= 4 is 11.7 Å². The van der Waals surface area contributed by atoms with Gasteiger partial charge in [-0.25, -0.2) is 9.97 Å². The van der Waals surface area contributed by atoms with Crippen molar-refractivity contribution in [2.75, 3.05) is 11.9 Å². The number of nitrogens with zero attached hydrogens (tertiary/aromatic N) is 2. The lowest BCUT2D eigenvalue weighted by atomic mass is 10.1. The van der Waals surface area contributed by atoms with Crippen LogP contribution in [0, 0.1) is 0 Å². The van der Waals surface area contributed by atoms with Crippen molar-refractivity contribution in [1.82, 2.24) is 15.3 Å². The van der Waals surface area contributed by atoms with E-state index in [2.05, 4.69) is 34.4 Å². The van der Waals surface area contributed by atoms with E-state index in [0.717, 1.165) is 25.8 Å². The van der Waals surface area contributed by atoms with E-state index in [4.69, 9.17) is 0 Å². The molecular formula is C13H22N4O. The zero-order valence-corrected chi connectivity index (χ0v) is 11.4. The minimum Gasteiger partial charge on any atom is -0.369 e. The van der Waals surface area contributed by atoms with Gasteiger partial charge >= 0.3 is 0 Å². The van der Waals surface area contributed by atoms with E-state index in [1.807, 2.05) is 6.92 Å². The third-order valence-electron chi connectivity index (χ3n) is 2.71. The summed E-state index contributed by atoms with van der Waals surface area (Å²) in [5.74, 6) is 0.542. The van der Waals surface area contributed by atoms with Crippen LogP contribution < -0.4 is 10.6 Å². The summed E-state index contributed by atoms with van der Waals surface area (Å²) in [6.45, 7) is 6.95. The normalized spacial score (nSPS) is 11.9. The molecule has 100 valence electrons. The van der Waals surface area contributed by atoms with E-state index >= 15 is 0 Å². The summed E-state index contributed by atoms with van der Waals surface area (Å²) in [6, 6.07) is 0.220. The van der Waals surface area contributed by atoms with Gasteiger partial charge in [-0.1, -0.05) is 20.3 Å². The van der Waals surface area contributed by atoms with Crippen LogP contribution in [0.2, 0.25) is 0 Å². The maximum absolute atomic E-state index is 11.9. The first-order valence-corrected chi connectivity index (χ1v) is 6.58. The number of anilines is 1. The topological polar surface area (TPSA) is 66.9 Å². The smallest absolute Gasteiger partial charge is 0.271 e. The minimum atomic E-state index is -0.147. The Hall–Kier alpha value is -1.65. The van der Waals surface area contributed by atoms with Gasteiger partial charge in [-0.2, -0.15) is 0 Å². The van der Waals surface area contributed by atoms with Crippen molar-refractivity contribution in [2.24, 2.45) is 0 Å². The Morgan fingerprint density at radius 1 is 1.28 bits per heavy atom. The van der Waals surface area contributed by atoms with Gasteiger partial charge in [0, 0.05) is 12.6 Å². The van der Waals surface area contributed by atoms with Crippen LogP contribution in [0.4, 0.5) is 5.82 Å². The molecule has 0 aliphatic rings. The standard InChI is InChI=1S/C13H22N4O/c1-4-7-10(5-2)17-13(18)11-8-16-12(9-15-11)14-6-3/h8-10H,4-7H2,1-3H3,(H,14,16)(H,17,18). The third-order valence-corrected chi connectivity index (χ3v) is 2.71. The van der Waals surface area contributed by atoms with Crippen LogP contribution in [0.5, 0.6) is 0 Å². The van der Waals surface area contributed by atoms with Crippen LogP contribution in [0.15, 0.2) is 12.4 Å². The van der Waals surface area contributed by atoms with Gasteiger partial charge < -0.3 is 10.6 Å². The molecule has 1 aromatic heterocycles. The van der Waals surface area contributed by atoms with Crippen molar-refractivity contribution in [3.8, 4) is 0 Å². The number of hydrogen-bond acceptors (Lipinski definition) is 4. The molecule has 0 radical (unpaired) electrons. The fraction of sp³-hybridized carbons (Fsp3) is 0.615. The number of amides is 1. The molecule has 18 heavy (non-hydrogen) atoms. The molecule has 1 unspecified atom stereocenters. The Morgan fingerprint density at radius 3 is 2.56 bits per heavy atom. The van der Waals surface area contributed by atoms with E-state index in [9.17, 15) is 4.79 Å². The fourth-order valence-electron chi connectivity index (χ4n) is 1.70. The summed E-state index contributed by atoms with van der Waals surface area (Å²) in [5, 5.41) is 6.01. The number of carbonyl (C=O) groups excluding carboxylic acids is 1. The second-order valence-corrected chi connectivity index (χ2v) is 4.18. The van der Waals surface area contributed by atoms with Gasteiger partial charge in [-0.15, -0.1) is 0 Å². The molecular weight excluding hydrogens is 228 g/mol. The van der Waals surface area contributed by atoms with Crippen LogP contribution >= 0.6 is 0 Å². The molecule has 0 aliphatic heterocycles. The Morgan fingerprint density at radius 2 is 2.06 bits per heavy atom. The summed E-state index contributed by atoms with van der Waals surface area (Å²) in [5.41, 5.74) is 0.367. The number of nitrogens with one attached hydrogen (secondary N) is 2. The monoisotopic (exact) mass is 250 g/mol. The second kappa shape index (κ2) is 7.63. The summed E-state index contributed by atoms with van der Waals surface area (Å²) in [4.78, 5) is 20.2. The van der Waals surface area contributed by atoms with Crippen LogP contribution in [-0.2, 0) is 0 Å². The second-order valence-electron chi connectivity index (χ2n) is 4.18. The zero-order chi connectivity index (χ0) is 13.4. The van der Waals surface area contributed by atoms with Crippen molar-refractivity contribution in [3.05, 3.63) is 18.1 Å². The van der Waals surface area contributed by atoms with E-state index in [0.29, 0.717) is 11.5 Å². The van der Waals surface area contributed by atoms with Crippen molar-refractivity contribution in [3.63, 3.8) is 0 Å². The summed E-state index contributed by atoms with van der Waals surface area (Å²) in [6.07, 6.45) is 6.07. The van der Waals surface area contributed by atoms with Gasteiger partial charge in [-0.3, -0.25) is 4.79 Å². The van der Waals surface area contributed by atoms with Crippen molar-refractivity contribution < 1.29 is 4.79 Å². The molecule has 0 saturated heterocycles. The fourth-order valence-corrected chi connectivity index (χ4v) is 1.70. The van der Waals surface area contributed by atoms with Gasteiger partial charge in [0.2, 0.25) is 0 Å². The van der Waals surface area contributed by atoms with Gasteiger partial charge in [0.25, 0.3) is 5.91 Å². The molecule has 0 saturated carbocycles. The number of rotatable bonds is 7. The molecule has 0 spiro atoms. The van der Waals surface area contributed by atoms with E-state index in [1.165, 1.54) is 6.20 Å². The quantitative estimate of drug-likeness (QED) is 0.778. The lowest BCUT2D eigenvalue weighted by molar-refractivity contribution is 0.0928. The average molecular weight is 250 g/mol. The molecule has 0 aliphatic carbocycles. The molecule has 5 heteroatoms. The lowest BCUT2D eigenvalue weighted by Gasteiger charge is -2.15. The number of carbonyl (C=O) groups is 1. The Labute approximate surface area is 108 Å². The molecule has 1 rings (SSSR count). The number of hydrogen-bond donors (Lipinski definition) is 2. The van der Waals surface area contributed by atoms with E-state index in [1.54, 1.807) is 6.20 Å². The Balaban J connectivity index is 2.60. The van der Waals surface area contributed by atoms with E-state index < -0.39 is 0 Å². The minimum absolute atomic E-state index is 0.147. The molecule has 1 atom stereocenters. The summed E-state index contributed by atoms with van der Waals surface area (Å²) >= 11 is 0. The largest absolute Gasteiger partial charge is 0.369 e. The molecule has 0 fully saturated rings. The zero-order valence-electron chi connectivity index (χ0n) is 11.4. The van der Waals surface area contributed by atoms with Crippen LogP contribution in [-0.4, -0.2) is 28.5 Å². The first-order chi connectivity index (χ1) is 8.71. The third kappa shape index (κ3) is 4.31. The average Bonchev–Trinajstić information content (AvgIpc) is 2.39. The van der Waals surface area contributed by atoms with Crippen molar-refractivity contribution in [1.29, 1.82) is 0 Å². The summed E-state index contributed by atoms with van der Waals surface area (Å²) < 4.78 is 0. The first-order valence-electron chi connectivity index (χ1n) is 6.58. The summed E-state index contributed by atoms with van der Waals surface area (Å²) in [7, 11) is 0. The molecule has 2 N–H and O–H groups in total. The van der Waals surface area contributed by atoms with E-state index in [-0.39, 0.29) is 11.9 Å². The van der Waals surface area contributed by atoms with Crippen molar-refractivity contribution in [2.45, 2.75) is 46.1 Å². The number of aromatic nitrogens is 2. The molecule has 0 aromatic carbocycles. The molecule has 0 bridgehead atoms. The lowest BCUT2D eigenvalue weighted by Crippen LogP contribution is -2.34. The molecule has 5 nitrogen and oxygen atoms in total. The highest BCUT2D eigenvalue weighted by Crippen LogP contribution is 2.04.